The van der Waals surface area contributed by atoms with Crippen LogP contribution in [-0.4, -0.2) is 42.0 Å². The molecule has 1 aromatic carbocycles. The molecule has 1 unspecified atom stereocenters. The van der Waals surface area contributed by atoms with Crippen LogP contribution in [0.1, 0.15) is 23.1 Å². The van der Waals surface area contributed by atoms with Gasteiger partial charge in [-0.3, -0.25) is 9.59 Å². The van der Waals surface area contributed by atoms with Crippen molar-refractivity contribution in [3.05, 3.63) is 53.0 Å². The van der Waals surface area contributed by atoms with Crippen LogP contribution in [0.2, 0.25) is 0 Å². The van der Waals surface area contributed by atoms with Gasteiger partial charge in [0.05, 0.1) is 5.57 Å². The number of ketones is 1. The third-order valence-electron chi connectivity index (χ3n) is 4.52. The van der Waals surface area contributed by atoms with Gasteiger partial charge in [-0.25, -0.2) is 0 Å². The average molecular weight is 355 g/mol. The zero-order valence-corrected chi connectivity index (χ0v) is 14.3. The molecule has 0 bridgehead atoms. The number of aliphatic hydroxyl groups is 1. The van der Waals surface area contributed by atoms with Crippen molar-refractivity contribution in [1.82, 2.24) is 4.90 Å². The van der Waals surface area contributed by atoms with Crippen LogP contribution in [0.4, 0.5) is 0 Å². The Balaban J connectivity index is 1.84. The van der Waals surface area contributed by atoms with E-state index in [4.69, 9.17) is 13.9 Å². The molecule has 1 amide bonds. The number of benzene rings is 1. The van der Waals surface area contributed by atoms with Gasteiger partial charge in [-0.1, -0.05) is 0 Å². The van der Waals surface area contributed by atoms with Gasteiger partial charge in [-0.2, -0.15) is 0 Å². The maximum Gasteiger partial charge on any atom is 0.295 e. The number of carbonyl (C=O) groups excluding carboxylic acids is 2. The van der Waals surface area contributed by atoms with E-state index in [1.54, 1.807) is 37.3 Å². The number of hydrogen-bond acceptors (Lipinski definition) is 6. The molecule has 0 spiro atoms. The van der Waals surface area contributed by atoms with Crippen molar-refractivity contribution < 1.29 is 28.6 Å². The number of aliphatic hydroxyl groups excluding tert-OH is 1. The van der Waals surface area contributed by atoms with E-state index in [1.807, 2.05) is 0 Å². The van der Waals surface area contributed by atoms with Crippen molar-refractivity contribution in [1.29, 1.82) is 0 Å². The molecule has 1 fully saturated rings. The van der Waals surface area contributed by atoms with E-state index in [2.05, 4.69) is 0 Å². The quantitative estimate of drug-likeness (QED) is 0.506. The molecule has 26 heavy (non-hydrogen) atoms. The molecule has 2 aromatic rings. The number of likely N-dealkylation sites (tertiary alicyclic amines) is 1. The number of fused-ring (bicyclic) bond motifs is 1. The second-order valence-electron chi connectivity index (χ2n) is 6.22. The van der Waals surface area contributed by atoms with Gasteiger partial charge in [0.2, 0.25) is 0 Å². The Morgan fingerprint density at radius 2 is 1.85 bits per heavy atom. The van der Waals surface area contributed by atoms with Crippen molar-refractivity contribution >= 4 is 17.4 Å². The largest absolute Gasteiger partial charge is 0.507 e. The predicted octanol–water partition coefficient (Wildman–Crippen LogP) is 2.41. The number of amides is 1. The first-order valence-corrected chi connectivity index (χ1v) is 8.18. The van der Waals surface area contributed by atoms with Crippen LogP contribution in [0, 0.1) is 6.92 Å². The minimum Gasteiger partial charge on any atom is -0.507 e. The SMILES string of the molecule is Cc1ccc(C2/C(=C(\O)c3ccc4c(c3)OCCO4)C(=O)C(=O)N2C)o1. The van der Waals surface area contributed by atoms with Crippen molar-refractivity contribution in [2.24, 2.45) is 0 Å². The molecule has 0 saturated carbocycles. The fourth-order valence-corrected chi connectivity index (χ4v) is 3.23. The first-order valence-electron chi connectivity index (χ1n) is 8.18. The Bertz CT molecular complexity index is 941. The summed E-state index contributed by atoms with van der Waals surface area (Å²) in [6.07, 6.45) is 0. The van der Waals surface area contributed by atoms with Crippen LogP contribution in [0.15, 0.2) is 40.3 Å². The lowest BCUT2D eigenvalue weighted by atomic mass is 9.99. The minimum absolute atomic E-state index is 0.0106. The lowest BCUT2D eigenvalue weighted by Gasteiger charge is -2.20. The van der Waals surface area contributed by atoms with Gasteiger partial charge in [-0.05, 0) is 37.3 Å². The number of Topliss-reactive ketones (excluding diaryl/α,β-unsaturated/α-hetero) is 1. The summed E-state index contributed by atoms with van der Waals surface area (Å²) in [5, 5.41) is 10.8. The molecular weight excluding hydrogens is 338 g/mol. The van der Waals surface area contributed by atoms with Crippen LogP contribution in [0.5, 0.6) is 11.5 Å². The van der Waals surface area contributed by atoms with E-state index in [-0.39, 0.29) is 11.3 Å². The van der Waals surface area contributed by atoms with Crippen LogP contribution in [-0.2, 0) is 9.59 Å². The third kappa shape index (κ3) is 2.44. The molecule has 1 aromatic heterocycles. The van der Waals surface area contributed by atoms with Gasteiger partial charge in [0, 0.05) is 12.6 Å². The van der Waals surface area contributed by atoms with Gasteiger partial charge in [0.25, 0.3) is 11.7 Å². The van der Waals surface area contributed by atoms with E-state index >= 15 is 0 Å². The molecule has 2 aliphatic heterocycles. The first kappa shape index (κ1) is 16.3. The van der Waals surface area contributed by atoms with E-state index in [9.17, 15) is 14.7 Å². The monoisotopic (exact) mass is 355 g/mol. The maximum atomic E-state index is 12.5. The molecule has 0 aliphatic carbocycles. The Labute approximate surface area is 149 Å². The summed E-state index contributed by atoms with van der Waals surface area (Å²) >= 11 is 0. The van der Waals surface area contributed by atoms with Crippen molar-refractivity contribution in [2.75, 3.05) is 20.3 Å². The third-order valence-corrected chi connectivity index (χ3v) is 4.52. The smallest absolute Gasteiger partial charge is 0.295 e. The molecule has 0 radical (unpaired) electrons. The van der Waals surface area contributed by atoms with E-state index in [0.29, 0.717) is 41.8 Å². The van der Waals surface area contributed by atoms with Gasteiger partial charge in [-0.15, -0.1) is 0 Å². The predicted molar refractivity (Wildman–Crippen MR) is 90.9 cm³/mol. The van der Waals surface area contributed by atoms with Gasteiger partial charge >= 0.3 is 0 Å². The second-order valence-corrected chi connectivity index (χ2v) is 6.22. The van der Waals surface area contributed by atoms with E-state index < -0.39 is 17.7 Å². The highest BCUT2D eigenvalue weighted by Crippen LogP contribution is 2.40. The summed E-state index contributed by atoms with van der Waals surface area (Å²) in [6, 6.07) is 7.54. The minimum atomic E-state index is -0.781. The number of rotatable bonds is 2. The summed E-state index contributed by atoms with van der Waals surface area (Å²) in [7, 11) is 1.51. The molecule has 1 N–H and O–H groups in total. The van der Waals surface area contributed by atoms with Crippen LogP contribution in [0.25, 0.3) is 5.76 Å². The molecule has 4 rings (SSSR count). The number of carbonyl (C=O) groups is 2. The first-order chi connectivity index (χ1) is 12.5. The topological polar surface area (TPSA) is 89.2 Å². The number of nitrogens with zero attached hydrogens (tertiary/aromatic N) is 1. The highest BCUT2D eigenvalue weighted by molar-refractivity contribution is 6.46. The molecule has 3 heterocycles. The van der Waals surface area contributed by atoms with Crippen LogP contribution < -0.4 is 9.47 Å². The fourth-order valence-electron chi connectivity index (χ4n) is 3.23. The molecule has 7 heteroatoms. The fraction of sp³-hybridized carbons (Fsp3) is 0.263. The average Bonchev–Trinajstić information content (AvgIpc) is 3.17. The summed E-state index contributed by atoms with van der Waals surface area (Å²) in [4.78, 5) is 26.0. The van der Waals surface area contributed by atoms with Gasteiger partial charge in [0.15, 0.2) is 11.5 Å². The molecule has 1 atom stereocenters. The lowest BCUT2D eigenvalue weighted by molar-refractivity contribution is -0.139. The Morgan fingerprint density at radius 3 is 2.54 bits per heavy atom. The Hall–Kier alpha value is -3.22. The normalized spacial score (nSPS) is 21.3. The molecular formula is C19H17NO6. The van der Waals surface area contributed by atoms with Crippen molar-refractivity contribution in [2.45, 2.75) is 13.0 Å². The zero-order chi connectivity index (χ0) is 18.4. The number of hydrogen-bond donors (Lipinski definition) is 1. The molecule has 2 aliphatic rings. The van der Waals surface area contributed by atoms with E-state index in [0.717, 1.165) is 0 Å². The number of ether oxygens (including phenoxy) is 2. The highest BCUT2D eigenvalue weighted by Gasteiger charge is 2.45. The van der Waals surface area contributed by atoms with Crippen LogP contribution in [0.3, 0.4) is 0 Å². The Morgan fingerprint density at radius 1 is 1.12 bits per heavy atom. The number of aryl methyl sites for hydroxylation is 1. The summed E-state index contributed by atoms with van der Waals surface area (Å²) < 4.78 is 16.6. The summed E-state index contributed by atoms with van der Waals surface area (Å²) in [6.45, 7) is 2.63. The summed E-state index contributed by atoms with van der Waals surface area (Å²) in [5.41, 5.74) is 0.359. The van der Waals surface area contributed by atoms with Gasteiger partial charge in [0.1, 0.15) is 36.5 Å². The molecule has 7 nitrogen and oxygen atoms in total. The van der Waals surface area contributed by atoms with Gasteiger partial charge < -0.3 is 23.9 Å². The zero-order valence-electron chi connectivity index (χ0n) is 14.3. The second kappa shape index (κ2) is 5.94. The standard InChI is InChI=1S/C19H17NO6/c1-10-3-5-13(26-10)16-15(18(22)19(23)20(16)2)17(21)11-4-6-12-14(9-11)25-8-7-24-12/h3-6,9,16,21H,7-8H2,1-2H3/b17-15+. The van der Waals surface area contributed by atoms with E-state index in [1.165, 1.54) is 11.9 Å². The number of likely N-dealkylation sites (N-methyl/N-ethyl adjacent to an activating group) is 1. The summed E-state index contributed by atoms with van der Waals surface area (Å²) in [5.74, 6) is 0.408. The van der Waals surface area contributed by atoms with Crippen molar-refractivity contribution in [3.63, 3.8) is 0 Å². The number of furan rings is 1. The maximum absolute atomic E-state index is 12.5. The molecule has 134 valence electrons. The van der Waals surface area contributed by atoms with Crippen LogP contribution >= 0.6 is 0 Å². The highest BCUT2D eigenvalue weighted by atomic mass is 16.6. The Kier molecular flexibility index (Phi) is 3.72. The van der Waals surface area contributed by atoms with Crippen molar-refractivity contribution in [3.8, 4) is 11.5 Å². The lowest BCUT2D eigenvalue weighted by Crippen LogP contribution is -2.24. The molecule has 1 saturated heterocycles.